The number of hydrogen-bond donors (Lipinski definition) is 3. The minimum Gasteiger partial charge on any atom is -0.378 e. The van der Waals surface area contributed by atoms with Gasteiger partial charge in [0, 0.05) is 23.6 Å². The molecule has 0 aliphatic rings. The summed E-state index contributed by atoms with van der Waals surface area (Å²) in [4.78, 5) is 11.5. The molecule has 0 unspecified atom stereocenters. The molecule has 6 heteroatoms. The standard InChI is InChI=1S/C13H14N6/c1-9-17-13(19-18-9)10-3-2-4-11(7-10)16-8-12-14-5-6-15-12/h2-7,16H,8H2,1H3,(H,14,15)(H,17,18,19). The van der Waals surface area contributed by atoms with Gasteiger partial charge in [-0.3, -0.25) is 5.10 Å². The largest absolute Gasteiger partial charge is 0.378 e. The average molecular weight is 254 g/mol. The number of aromatic nitrogens is 5. The number of anilines is 1. The Hall–Kier alpha value is -2.63. The van der Waals surface area contributed by atoms with Crippen LogP contribution < -0.4 is 5.32 Å². The van der Waals surface area contributed by atoms with Crippen molar-refractivity contribution >= 4 is 5.69 Å². The molecule has 1 aromatic carbocycles. The van der Waals surface area contributed by atoms with Crippen LogP contribution in [-0.2, 0) is 6.54 Å². The summed E-state index contributed by atoms with van der Waals surface area (Å²) in [6.07, 6.45) is 3.55. The molecule has 6 nitrogen and oxygen atoms in total. The van der Waals surface area contributed by atoms with Crippen molar-refractivity contribution in [3.8, 4) is 11.4 Å². The van der Waals surface area contributed by atoms with E-state index in [2.05, 4.69) is 30.5 Å². The van der Waals surface area contributed by atoms with Crippen LogP contribution in [0.4, 0.5) is 5.69 Å². The van der Waals surface area contributed by atoms with Crippen LogP contribution in [-0.4, -0.2) is 25.1 Å². The van der Waals surface area contributed by atoms with Gasteiger partial charge in [-0.15, -0.1) is 0 Å². The minimum absolute atomic E-state index is 0.656. The zero-order chi connectivity index (χ0) is 13.1. The highest BCUT2D eigenvalue weighted by Crippen LogP contribution is 2.19. The molecule has 3 rings (SSSR count). The molecule has 19 heavy (non-hydrogen) atoms. The predicted octanol–water partition coefficient (Wildman–Crippen LogP) is 2.12. The van der Waals surface area contributed by atoms with Gasteiger partial charge >= 0.3 is 0 Å². The van der Waals surface area contributed by atoms with Gasteiger partial charge in [0.25, 0.3) is 0 Å². The van der Waals surface area contributed by atoms with Gasteiger partial charge in [-0.25, -0.2) is 9.97 Å². The molecule has 0 aliphatic heterocycles. The van der Waals surface area contributed by atoms with Crippen molar-refractivity contribution in [2.45, 2.75) is 13.5 Å². The first kappa shape index (κ1) is 11.5. The van der Waals surface area contributed by atoms with E-state index in [1.165, 1.54) is 0 Å². The molecule has 0 bridgehead atoms. The van der Waals surface area contributed by atoms with Crippen molar-refractivity contribution in [2.24, 2.45) is 0 Å². The van der Waals surface area contributed by atoms with Gasteiger partial charge in [0.15, 0.2) is 5.82 Å². The van der Waals surface area contributed by atoms with E-state index in [4.69, 9.17) is 0 Å². The van der Waals surface area contributed by atoms with Crippen molar-refractivity contribution in [2.75, 3.05) is 5.32 Å². The summed E-state index contributed by atoms with van der Waals surface area (Å²) < 4.78 is 0. The van der Waals surface area contributed by atoms with Gasteiger partial charge in [-0.2, -0.15) is 5.10 Å². The molecule has 2 aromatic heterocycles. The van der Waals surface area contributed by atoms with E-state index in [1.54, 1.807) is 6.20 Å². The quantitative estimate of drug-likeness (QED) is 0.666. The fourth-order valence-electron chi connectivity index (χ4n) is 1.82. The molecule has 0 atom stereocenters. The maximum Gasteiger partial charge on any atom is 0.181 e. The first-order valence-electron chi connectivity index (χ1n) is 6.03. The molecule has 0 saturated heterocycles. The Labute approximate surface area is 110 Å². The number of aromatic amines is 2. The lowest BCUT2D eigenvalue weighted by molar-refractivity contribution is 1.000. The van der Waals surface area contributed by atoms with Gasteiger partial charge in [0.05, 0.1) is 6.54 Å². The number of hydrogen-bond acceptors (Lipinski definition) is 4. The first-order chi connectivity index (χ1) is 9.31. The van der Waals surface area contributed by atoms with Gasteiger partial charge in [0.2, 0.25) is 0 Å². The van der Waals surface area contributed by atoms with E-state index >= 15 is 0 Å². The van der Waals surface area contributed by atoms with Crippen LogP contribution in [0.15, 0.2) is 36.7 Å². The number of rotatable bonds is 4. The van der Waals surface area contributed by atoms with E-state index in [9.17, 15) is 0 Å². The van der Waals surface area contributed by atoms with Gasteiger partial charge in [0.1, 0.15) is 11.6 Å². The molecule has 0 radical (unpaired) electrons. The second-order valence-corrected chi connectivity index (χ2v) is 4.21. The minimum atomic E-state index is 0.656. The average Bonchev–Trinajstić information content (AvgIpc) is 3.08. The van der Waals surface area contributed by atoms with E-state index in [-0.39, 0.29) is 0 Å². The molecule has 2 heterocycles. The highest BCUT2D eigenvalue weighted by atomic mass is 15.2. The van der Waals surface area contributed by atoms with Crippen molar-refractivity contribution in [1.82, 2.24) is 25.1 Å². The molecule has 0 amide bonds. The van der Waals surface area contributed by atoms with Crippen molar-refractivity contribution in [1.29, 1.82) is 0 Å². The van der Waals surface area contributed by atoms with Crippen LogP contribution >= 0.6 is 0 Å². The summed E-state index contributed by atoms with van der Waals surface area (Å²) >= 11 is 0. The molecule has 3 aromatic rings. The monoisotopic (exact) mass is 254 g/mol. The maximum absolute atomic E-state index is 4.32. The summed E-state index contributed by atoms with van der Waals surface area (Å²) in [7, 11) is 0. The number of benzene rings is 1. The molecule has 3 N–H and O–H groups in total. The van der Waals surface area contributed by atoms with Crippen LogP contribution in [0, 0.1) is 6.92 Å². The third-order valence-electron chi connectivity index (χ3n) is 2.73. The summed E-state index contributed by atoms with van der Waals surface area (Å²) in [6.45, 7) is 2.54. The van der Waals surface area contributed by atoms with Gasteiger partial charge < -0.3 is 10.3 Å². The van der Waals surface area contributed by atoms with Crippen molar-refractivity contribution < 1.29 is 0 Å². The number of nitrogens with zero attached hydrogens (tertiary/aromatic N) is 3. The Bertz CT molecular complexity index is 655. The topological polar surface area (TPSA) is 82.3 Å². The van der Waals surface area contributed by atoms with Crippen molar-refractivity contribution in [3.05, 3.63) is 48.3 Å². The van der Waals surface area contributed by atoms with Gasteiger partial charge in [-0.1, -0.05) is 12.1 Å². The highest BCUT2D eigenvalue weighted by molar-refractivity contribution is 5.62. The van der Waals surface area contributed by atoms with E-state index in [0.717, 1.165) is 22.9 Å². The van der Waals surface area contributed by atoms with Crippen LogP contribution in [0.2, 0.25) is 0 Å². The fraction of sp³-hybridized carbons (Fsp3) is 0.154. The Kier molecular flexibility index (Phi) is 2.97. The first-order valence-corrected chi connectivity index (χ1v) is 6.03. The number of H-pyrrole nitrogens is 2. The molecule has 96 valence electrons. The Balaban J connectivity index is 1.76. The third-order valence-corrected chi connectivity index (χ3v) is 2.73. The summed E-state index contributed by atoms with van der Waals surface area (Å²) in [5.41, 5.74) is 1.99. The molecular weight excluding hydrogens is 240 g/mol. The van der Waals surface area contributed by atoms with E-state index < -0.39 is 0 Å². The highest BCUT2D eigenvalue weighted by Gasteiger charge is 2.04. The molecule has 0 aliphatic carbocycles. The fourth-order valence-corrected chi connectivity index (χ4v) is 1.82. The second-order valence-electron chi connectivity index (χ2n) is 4.21. The predicted molar refractivity (Wildman–Crippen MR) is 72.5 cm³/mol. The van der Waals surface area contributed by atoms with Crippen LogP contribution in [0.5, 0.6) is 0 Å². The van der Waals surface area contributed by atoms with Gasteiger partial charge in [-0.05, 0) is 19.1 Å². The Morgan fingerprint density at radius 2 is 2.26 bits per heavy atom. The zero-order valence-electron chi connectivity index (χ0n) is 10.5. The lowest BCUT2D eigenvalue weighted by atomic mass is 10.2. The normalized spacial score (nSPS) is 10.6. The second kappa shape index (κ2) is 4.93. The van der Waals surface area contributed by atoms with Crippen LogP contribution in [0.1, 0.15) is 11.6 Å². The lowest BCUT2D eigenvalue weighted by Crippen LogP contribution is -2.01. The maximum atomic E-state index is 4.32. The SMILES string of the molecule is Cc1nc(-c2cccc(NCc3ncc[nH]3)c2)n[nH]1. The summed E-state index contributed by atoms with van der Waals surface area (Å²) in [5, 5.41) is 10.3. The Morgan fingerprint density at radius 1 is 1.32 bits per heavy atom. The van der Waals surface area contributed by atoms with Crippen molar-refractivity contribution in [3.63, 3.8) is 0 Å². The number of aryl methyl sites for hydroxylation is 1. The number of nitrogens with one attached hydrogen (secondary N) is 3. The number of imidazole rings is 1. The van der Waals surface area contributed by atoms with E-state index in [0.29, 0.717) is 12.4 Å². The molecular formula is C13H14N6. The van der Waals surface area contributed by atoms with Crippen LogP contribution in [0.3, 0.4) is 0 Å². The smallest absolute Gasteiger partial charge is 0.181 e. The Morgan fingerprint density at radius 3 is 3.00 bits per heavy atom. The summed E-state index contributed by atoms with van der Waals surface area (Å²) in [5.74, 6) is 2.42. The molecule has 0 fully saturated rings. The molecule has 0 spiro atoms. The summed E-state index contributed by atoms with van der Waals surface area (Å²) in [6, 6.07) is 7.99. The van der Waals surface area contributed by atoms with Crippen LogP contribution in [0.25, 0.3) is 11.4 Å². The zero-order valence-corrected chi connectivity index (χ0v) is 10.5. The third kappa shape index (κ3) is 2.62. The van der Waals surface area contributed by atoms with E-state index in [1.807, 2.05) is 37.4 Å². The molecule has 0 saturated carbocycles. The lowest BCUT2D eigenvalue weighted by Gasteiger charge is -2.05.